The van der Waals surface area contributed by atoms with Gasteiger partial charge in [0.05, 0.1) is 6.54 Å². The van der Waals surface area contributed by atoms with Gasteiger partial charge in [-0.1, -0.05) is 6.07 Å². The maximum Gasteiger partial charge on any atom is 0.253 e. The summed E-state index contributed by atoms with van der Waals surface area (Å²) in [7, 11) is 0. The summed E-state index contributed by atoms with van der Waals surface area (Å²) in [5.41, 5.74) is 1.80. The Morgan fingerprint density at radius 3 is 3.00 bits per heavy atom. The molecule has 0 saturated heterocycles. The summed E-state index contributed by atoms with van der Waals surface area (Å²) in [6.45, 7) is 2.37. The van der Waals surface area contributed by atoms with Gasteiger partial charge >= 0.3 is 0 Å². The highest BCUT2D eigenvalue weighted by Gasteiger charge is 2.00. The first-order valence-electron chi connectivity index (χ1n) is 4.92. The minimum absolute atomic E-state index is 0.0440. The van der Waals surface area contributed by atoms with Crippen LogP contribution in [0.3, 0.4) is 0 Å². The Labute approximate surface area is 102 Å². The second kappa shape index (κ2) is 4.61. The summed E-state index contributed by atoms with van der Waals surface area (Å²) in [4.78, 5) is 15.9. The Hall–Kier alpha value is -1.42. The number of hydrogen-bond acceptors (Lipinski definition) is 2. The van der Waals surface area contributed by atoms with Crippen LogP contribution >= 0.6 is 15.9 Å². The van der Waals surface area contributed by atoms with Crippen LogP contribution in [0.5, 0.6) is 0 Å². The van der Waals surface area contributed by atoms with Crippen LogP contribution in [0.4, 0.5) is 0 Å². The van der Waals surface area contributed by atoms with E-state index in [1.165, 1.54) is 0 Å². The Balaban J connectivity index is 2.34. The molecule has 2 rings (SSSR count). The molecule has 0 spiro atoms. The van der Waals surface area contributed by atoms with Crippen LogP contribution in [0.25, 0.3) is 0 Å². The van der Waals surface area contributed by atoms with E-state index in [2.05, 4.69) is 20.9 Å². The molecule has 0 N–H and O–H groups in total. The minimum Gasteiger partial charge on any atom is -0.311 e. The van der Waals surface area contributed by atoms with E-state index in [0.29, 0.717) is 6.54 Å². The number of halogens is 1. The van der Waals surface area contributed by atoms with Gasteiger partial charge < -0.3 is 4.57 Å². The van der Waals surface area contributed by atoms with Crippen LogP contribution < -0.4 is 5.56 Å². The predicted octanol–water partition coefficient (Wildman–Crippen LogP) is 2.36. The smallest absolute Gasteiger partial charge is 0.253 e. The molecule has 0 fully saturated rings. The molecular weight excluding hydrogens is 268 g/mol. The molecule has 3 nitrogen and oxygen atoms in total. The van der Waals surface area contributed by atoms with E-state index in [4.69, 9.17) is 0 Å². The molecule has 0 unspecified atom stereocenters. The van der Waals surface area contributed by atoms with Gasteiger partial charge in [-0.2, -0.15) is 0 Å². The van der Waals surface area contributed by atoms with E-state index in [9.17, 15) is 4.79 Å². The number of aryl methyl sites for hydroxylation is 1. The van der Waals surface area contributed by atoms with E-state index in [1.54, 1.807) is 23.2 Å². The Morgan fingerprint density at radius 2 is 2.25 bits per heavy atom. The first kappa shape index (κ1) is 11.1. The molecule has 16 heavy (non-hydrogen) atoms. The lowest BCUT2D eigenvalue weighted by molar-refractivity contribution is 0.749. The highest BCUT2D eigenvalue weighted by atomic mass is 79.9. The van der Waals surface area contributed by atoms with Gasteiger partial charge in [0.2, 0.25) is 0 Å². The molecule has 2 aromatic rings. The average molecular weight is 279 g/mol. The molecule has 0 amide bonds. The van der Waals surface area contributed by atoms with Gasteiger partial charge in [-0.3, -0.25) is 9.78 Å². The van der Waals surface area contributed by atoms with E-state index in [1.807, 2.05) is 25.1 Å². The van der Waals surface area contributed by atoms with Crippen molar-refractivity contribution < 1.29 is 0 Å². The lowest BCUT2D eigenvalue weighted by Gasteiger charge is -2.06. The molecule has 0 aromatic carbocycles. The van der Waals surface area contributed by atoms with Gasteiger partial charge in [0, 0.05) is 28.6 Å². The quantitative estimate of drug-likeness (QED) is 0.845. The SMILES string of the molecule is Cc1cccn(Cc2cncc(Br)c2)c1=O. The Kier molecular flexibility index (Phi) is 3.19. The highest BCUT2D eigenvalue weighted by molar-refractivity contribution is 9.10. The molecule has 0 radical (unpaired) electrons. The Morgan fingerprint density at radius 1 is 1.44 bits per heavy atom. The fourth-order valence-electron chi connectivity index (χ4n) is 1.52. The van der Waals surface area contributed by atoms with Crippen molar-refractivity contribution in [3.63, 3.8) is 0 Å². The van der Waals surface area contributed by atoms with Crippen LogP contribution in [-0.4, -0.2) is 9.55 Å². The van der Waals surface area contributed by atoms with Crippen molar-refractivity contribution in [2.75, 3.05) is 0 Å². The number of nitrogens with zero attached hydrogens (tertiary/aromatic N) is 2. The molecule has 0 aliphatic carbocycles. The molecule has 0 aliphatic heterocycles. The zero-order valence-corrected chi connectivity index (χ0v) is 10.4. The third kappa shape index (κ3) is 2.39. The van der Waals surface area contributed by atoms with Gasteiger partial charge in [-0.15, -0.1) is 0 Å². The fourth-order valence-corrected chi connectivity index (χ4v) is 1.93. The summed E-state index contributed by atoms with van der Waals surface area (Å²) < 4.78 is 2.60. The zero-order chi connectivity index (χ0) is 11.5. The number of aromatic nitrogens is 2. The standard InChI is InChI=1S/C12H11BrN2O/c1-9-3-2-4-15(12(9)16)8-10-5-11(13)7-14-6-10/h2-7H,8H2,1H3. The molecule has 0 saturated carbocycles. The first-order chi connectivity index (χ1) is 7.66. The molecule has 2 aromatic heterocycles. The second-order valence-corrected chi connectivity index (χ2v) is 4.55. The third-order valence-corrected chi connectivity index (χ3v) is 2.76. The molecule has 0 bridgehead atoms. The summed E-state index contributed by atoms with van der Waals surface area (Å²) >= 11 is 3.36. The maximum absolute atomic E-state index is 11.8. The monoisotopic (exact) mass is 278 g/mol. The van der Waals surface area contributed by atoms with E-state index >= 15 is 0 Å². The summed E-state index contributed by atoms with van der Waals surface area (Å²) in [5, 5.41) is 0. The molecule has 4 heteroatoms. The normalized spacial score (nSPS) is 10.4. The molecule has 2 heterocycles. The third-order valence-electron chi connectivity index (χ3n) is 2.32. The molecule has 0 atom stereocenters. The first-order valence-corrected chi connectivity index (χ1v) is 5.71. The van der Waals surface area contributed by atoms with Crippen molar-refractivity contribution in [1.29, 1.82) is 0 Å². The van der Waals surface area contributed by atoms with Crippen LogP contribution in [0, 0.1) is 6.92 Å². The summed E-state index contributed by atoms with van der Waals surface area (Å²) in [6, 6.07) is 5.65. The van der Waals surface area contributed by atoms with E-state index in [0.717, 1.165) is 15.6 Å². The van der Waals surface area contributed by atoms with Crippen molar-refractivity contribution in [2.24, 2.45) is 0 Å². The van der Waals surface area contributed by atoms with Gasteiger partial charge in [0.15, 0.2) is 0 Å². The zero-order valence-electron chi connectivity index (χ0n) is 8.85. The van der Waals surface area contributed by atoms with Gasteiger partial charge in [-0.25, -0.2) is 0 Å². The van der Waals surface area contributed by atoms with Gasteiger partial charge in [0.25, 0.3) is 5.56 Å². The van der Waals surface area contributed by atoms with Crippen molar-refractivity contribution in [3.8, 4) is 0 Å². The van der Waals surface area contributed by atoms with Crippen molar-refractivity contribution in [1.82, 2.24) is 9.55 Å². The maximum atomic E-state index is 11.8. The predicted molar refractivity (Wildman–Crippen MR) is 66.5 cm³/mol. The van der Waals surface area contributed by atoms with E-state index < -0.39 is 0 Å². The van der Waals surface area contributed by atoms with Crippen LogP contribution in [0.1, 0.15) is 11.1 Å². The van der Waals surface area contributed by atoms with Gasteiger partial charge in [-0.05, 0) is 40.5 Å². The van der Waals surface area contributed by atoms with Crippen molar-refractivity contribution in [3.05, 3.63) is 62.7 Å². The van der Waals surface area contributed by atoms with Crippen molar-refractivity contribution >= 4 is 15.9 Å². The number of hydrogen-bond donors (Lipinski definition) is 0. The number of rotatable bonds is 2. The fraction of sp³-hybridized carbons (Fsp3) is 0.167. The summed E-state index contributed by atoms with van der Waals surface area (Å²) in [5.74, 6) is 0. The van der Waals surface area contributed by atoms with Crippen molar-refractivity contribution in [2.45, 2.75) is 13.5 Å². The molecule has 82 valence electrons. The Bertz CT molecular complexity index is 563. The lowest BCUT2D eigenvalue weighted by Crippen LogP contribution is -2.21. The van der Waals surface area contributed by atoms with Crippen LogP contribution in [0.2, 0.25) is 0 Å². The highest BCUT2D eigenvalue weighted by Crippen LogP contribution is 2.10. The molecular formula is C12H11BrN2O. The second-order valence-electron chi connectivity index (χ2n) is 3.64. The van der Waals surface area contributed by atoms with Crippen LogP contribution in [-0.2, 0) is 6.54 Å². The molecule has 0 aliphatic rings. The number of pyridine rings is 2. The topological polar surface area (TPSA) is 34.9 Å². The van der Waals surface area contributed by atoms with Gasteiger partial charge in [0.1, 0.15) is 0 Å². The average Bonchev–Trinajstić information content (AvgIpc) is 2.25. The largest absolute Gasteiger partial charge is 0.311 e. The van der Waals surface area contributed by atoms with E-state index in [-0.39, 0.29) is 5.56 Å². The lowest BCUT2D eigenvalue weighted by atomic mass is 10.2. The summed E-state index contributed by atoms with van der Waals surface area (Å²) in [6.07, 6.45) is 5.28. The van der Waals surface area contributed by atoms with Crippen LogP contribution in [0.15, 0.2) is 46.1 Å². The minimum atomic E-state index is 0.0440.